The molecule has 0 aliphatic carbocycles. The maximum atomic E-state index is 13.5. The monoisotopic (exact) mass is 339 g/mol. The number of halogens is 1. The maximum absolute atomic E-state index is 13.5. The SMILES string of the molecule is CN(C)c1ccc(-c2nn3c(-c4cccc(F)c4)nnc3s2)cc1. The Bertz CT molecular complexity index is 1000. The molecule has 0 unspecified atom stereocenters. The lowest BCUT2D eigenvalue weighted by Gasteiger charge is -2.11. The first-order chi connectivity index (χ1) is 11.6. The van der Waals surface area contributed by atoms with Crippen molar-refractivity contribution in [3.05, 3.63) is 54.3 Å². The van der Waals surface area contributed by atoms with Gasteiger partial charge in [-0.1, -0.05) is 23.5 Å². The number of hydrogen-bond acceptors (Lipinski definition) is 5. The van der Waals surface area contributed by atoms with Gasteiger partial charge < -0.3 is 4.90 Å². The Morgan fingerprint density at radius 1 is 1.00 bits per heavy atom. The number of benzene rings is 2. The van der Waals surface area contributed by atoms with Crippen LogP contribution in [0.25, 0.3) is 26.9 Å². The van der Waals surface area contributed by atoms with Gasteiger partial charge in [0.15, 0.2) is 5.82 Å². The van der Waals surface area contributed by atoms with E-state index in [9.17, 15) is 4.39 Å². The minimum absolute atomic E-state index is 0.307. The summed E-state index contributed by atoms with van der Waals surface area (Å²) in [5.74, 6) is 0.232. The van der Waals surface area contributed by atoms with Crippen molar-refractivity contribution in [1.29, 1.82) is 0 Å². The zero-order valence-corrected chi connectivity index (χ0v) is 14.0. The normalized spacial score (nSPS) is 11.1. The average Bonchev–Trinajstić information content (AvgIpc) is 3.15. The number of nitrogens with zero attached hydrogens (tertiary/aromatic N) is 5. The van der Waals surface area contributed by atoms with Gasteiger partial charge in [0.25, 0.3) is 0 Å². The first-order valence-corrected chi connectivity index (χ1v) is 8.19. The molecule has 0 aliphatic rings. The zero-order valence-electron chi connectivity index (χ0n) is 13.1. The van der Waals surface area contributed by atoms with Crippen LogP contribution in [-0.2, 0) is 0 Å². The maximum Gasteiger partial charge on any atom is 0.235 e. The van der Waals surface area contributed by atoms with Gasteiger partial charge in [-0.05, 0) is 36.4 Å². The highest BCUT2D eigenvalue weighted by atomic mass is 32.1. The molecule has 0 N–H and O–H groups in total. The summed E-state index contributed by atoms with van der Waals surface area (Å²) in [4.78, 5) is 2.73. The number of aromatic nitrogens is 4. The second kappa shape index (κ2) is 5.68. The van der Waals surface area contributed by atoms with Gasteiger partial charge in [-0.15, -0.1) is 10.2 Å². The van der Waals surface area contributed by atoms with Gasteiger partial charge in [0, 0.05) is 30.9 Å². The molecule has 0 spiro atoms. The fraction of sp³-hybridized carbons (Fsp3) is 0.118. The van der Waals surface area contributed by atoms with E-state index in [-0.39, 0.29) is 5.82 Å². The lowest BCUT2D eigenvalue weighted by atomic mass is 10.2. The molecular weight excluding hydrogens is 325 g/mol. The molecule has 2 aromatic carbocycles. The lowest BCUT2D eigenvalue weighted by Crippen LogP contribution is -2.07. The smallest absolute Gasteiger partial charge is 0.235 e. The summed E-state index contributed by atoms with van der Waals surface area (Å²) in [6.45, 7) is 0. The highest BCUT2D eigenvalue weighted by Crippen LogP contribution is 2.29. The predicted molar refractivity (Wildman–Crippen MR) is 93.8 cm³/mol. The summed E-state index contributed by atoms with van der Waals surface area (Å²) >= 11 is 1.46. The van der Waals surface area contributed by atoms with Crippen molar-refractivity contribution in [1.82, 2.24) is 19.8 Å². The Balaban J connectivity index is 1.77. The Morgan fingerprint density at radius 2 is 1.79 bits per heavy atom. The van der Waals surface area contributed by atoms with Crippen LogP contribution in [0.15, 0.2) is 48.5 Å². The number of hydrogen-bond donors (Lipinski definition) is 0. The molecule has 0 aliphatic heterocycles. The Kier molecular flexibility index (Phi) is 3.50. The first kappa shape index (κ1) is 14.8. The van der Waals surface area contributed by atoms with Crippen LogP contribution in [-0.4, -0.2) is 33.9 Å². The molecular formula is C17H14FN5S. The van der Waals surface area contributed by atoms with E-state index in [0.29, 0.717) is 16.3 Å². The van der Waals surface area contributed by atoms with E-state index >= 15 is 0 Å². The zero-order chi connectivity index (χ0) is 16.7. The van der Waals surface area contributed by atoms with Crippen molar-refractivity contribution in [2.24, 2.45) is 0 Å². The molecule has 2 heterocycles. The van der Waals surface area contributed by atoms with Crippen molar-refractivity contribution in [3.63, 3.8) is 0 Å². The summed E-state index contributed by atoms with van der Waals surface area (Å²) in [6.07, 6.45) is 0. The standard InChI is InChI=1S/C17H14FN5S/c1-22(2)14-8-6-11(7-9-14)16-21-23-15(19-20-17(23)24-16)12-4-3-5-13(18)10-12/h3-10H,1-2H3. The fourth-order valence-electron chi connectivity index (χ4n) is 2.44. The molecule has 2 aromatic heterocycles. The molecule has 0 bridgehead atoms. The third-order valence-electron chi connectivity index (χ3n) is 3.70. The summed E-state index contributed by atoms with van der Waals surface area (Å²) in [5, 5.41) is 13.7. The molecule has 7 heteroatoms. The molecule has 0 atom stereocenters. The molecule has 0 amide bonds. The lowest BCUT2D eigenvalue weighted by molar-refractivity contribution is 0.628. The highest BCUT2D eigenvalue weighted by Gasteiger charge is 2.14. The third kappa shape index (κ3) is 2.52. The second-order valence-electron chi connectivity index (χ2n) is 5.58. The third-order valence-corrected chi connectivity index (χ3v) is 4.65. The molecule has 4 rings (SSSR count). The summed E-state index contributed by atoms with van der Waals surface area (Å²) in [7, 11) is 4.01. The van der Waals surface area contributed by atoms with E-state index in [1.54, 1.807) is 16.6 Å². The molecule has 0 radical (unpaired) electrons. The second-order valence-corrected chi connectivity index (χ2v) is 6.53. The molecule has 0 saturated carbocycles. The van der Waals surface area contributed by atoms with Crippen molar-refractivity contribution in [2.75, 3.05) is 19.0 Å². The Hall–Kier alpha value is -2.80. The van der Waals surface area contributed by atoms with Crippen molar-refractivity contribution in [2.45, 2.75) is 0 Å². The van der Waals surface area contributed by atoms with Crippen molar-refractivity contribution in [3.8, 4) is 22.0 Å². The van der Waals surface area contributed by atoms with Crippen molar-refractivity contribution >= 4 is 22.0 Å². The van der Waals surface area contributed by atoms with Gasteiger partial charge in [0.05, 0.1) is 0 Å². The van der Waals surface area contributed by atoms with E-state index < -0.39 is 0 Å². The summed E-state index contributed by atoms with van der Waals surface area (Å²) in [6, 6.07) is 14.4. The Morgan fingerprint density at radius 3 is 2.50 bits per heavy atom. The van der Waals surface area contributed by atoms with Crippen LogP contribution in [0.1, 0.15) is 0 Å². The highest BCUT2D eigenvalue weighted by molar-refractivity contribution is 7.19. The van der Waals surface area contributed by atoms with Gasteiger partial charge in [-0.25, -0.2) is 4.39 Å². The van der Waals surface area contributed by atoms with E-state index in [1.165, 1.54) is 23.5 Å². The van der Waals surface area contributed by atoms with E-state index in [0.717, 1.165) is 16.3 Å². The van der Waals surface area contributed by atoms with Crippen LogP contribution in [0.4, 0.5) is 10.1 Å². The van der Waals surface area contributed by atoms with Gasteiger partial charge in [0.1, 0.15) is 10.8 Å². The number of anilines is 1. The van der Waals surface area contributed by atoms with Crippen LogP contribution in [0, 0.1) is 5.82 Å². The molecule has 120 valence electrons. The fourth-order valence-corrected chi connectivity index (χ4v) is 3.29. The minimum atomic E-state index is -0.307. The van der Waals surface area contributed by atoms with Crippen molar-refractivity contribution < 1.29 is 4.39 Å². The van der Waals surface area contributed by atoms with Crippen LogP contribution >= 0.6 is 11.3 Å². The van der Waals surface area contributed by atoms with Crippen LogP contribution < -0.4 is 4.90 Å². The molecule has 5 nitrogen and oxygen atoms in total. The largest absolute Gasteiger partial charge is 0.378 e. The van der Waals surface area contributed by atoms with Crippen LogP contribution in [0.2, 0.25) is 0 Å². The summed E-state index contributed by atoms with van der Waals surface area (Å²) < 4.78 is 15.1. The molecule has 0 fully saturated rings. The Labute approximate surface area is 142 Å². The average molecular weight is 339 g/mol. The first-order valence-electron chi connectivity index (χ1n) is 7.38. The number of rotatable bonds is 3. The molecule has 4 aromatic rings. The quantitative estimate of drug-likeness (QED) is 0.571. The van der Waals surface area contributed by atoms with E-state index in [4.69, 9.17) is 0 Å². The summed E-state index contributed by atoms with van der Waals surface area (Å²) in [5.41, 5.74) is 2.80. The minimum Gasteiger partial charge on any atom is -0.378 e. The molecule has 0 saturated heterocycles. The van der Waals surface area contributed by atoms with Gasteiger partial charge in [0.2, 0.25) is 4.96 Å². The van der Waals surface area contributed by atoms with Gasteiger partial charge >= 0.3 is 0 Å². The van der Waals surface area contributed by atoms with Crippen LogP contribution in [0.5, 0.6) is 0 Å². The predicted octanol–water partition coefficient (Wildman–Crippen LogP) is 3.72. The van der Waals surface area contributed by atoms with Gasteiger partial charge in [-0.2, -0.15) is 9.61 Å². The number of fused-ring (bicyclic) bond motifs is 1. The topological polar surface area (TPSA) is 46.3 Å². The van der Waals surface area contributed by atoms with E-state index in [2.05, 4.69) is 15.3 Å². The van der Waals surface area contributed by atoms with Gasteiger partial charge in [-0.3, -0.25) is 0 Å². The molecule has 24 heavy (non-hydrogen) atoms. The van der Waals surface area contributed by atoms with E-state index in [1.807, 2.05) is 43.3 Å². The van der Waals surface area contributed by atoms with Crippen LogP contribution in [0.3, 0.4) is 0 Å².